The van der Waals surface area contributed by atoms with Crippen LogP contribution in [0.15, 0.2) is 59.3 Å². The van der Waals surface area contributed by atoms with Gasteiger partial charge in [-0.2, -0.15) is 0 Å². The zero-order valence-electron chi connectivity index (χ0n) is 13.0. The molecule has 23 heavy (non-hydrogen) atoms. The molecule has 0 unspecified atom stereocenters. The summed E-state index contributed by atoms with van der Waals surface area (Å²) >= 11 is 3.46. The van der Waals surface area contributed by atoms with E-state index in [1.54, 1.807) is 0 Å². The maximum atomic E-state index is 10.6. The smallest absolute Gasteiger partial charge is 0.203 e. The maximum Gasteiger partial charge on any atom is 0.203 e. The van der Waals surface area contributed by atoms with Crippen LogP contribution in [-0.2, 0) is 0 Å². The highest BCUT2D eigenvalue weighted by Crippen LogP contribution is 2.33. The van der Waals surface area contributed by atoms with Crippen LogP contribution in [0.1, 0.15) is 19.9 Å². The summed E-state index contributed by atoms with van der Waals surface area (Å²) in [5, 5.41) is 13.6. The highest BCUT2D eigenvalue weighted by molar-refractivity contribution is 9.10. The Bertz CT molecular complexity index is 1030. The Morgan fingerprint density at radius 2 is 1.83 bits per heavy atom. The third-order valence-corrected chi connectivity index (χ3v) is 4.78. The second-order valence-electron chi connectivity index (χ2n) is 6.11. The third kappa shape index (κ3) is 2.25. The van der Waals surface area contributed by atoms with E-state index in [1.807, 2.05) is 29.0 Å². The summed E-state index contributed by atoms with van der Waals surface area (Å²) in [6.45, 7) is 4.35. The molecule has 0 amide bonds. The Hall–Kier alpha value is -2.20. The highest BCUT2D eigenvalue weighted by Gasteiger charge is 2.11. The van der Waals surface area contributed by atoms with Gasteiger partial charge in [-0.25, -0.2) is 0 Å². The molecule has 0 radical (unpaired) electrons. The maximum absolute atomic E-state index is 10.6. The molecule has 0 aliphatic rings. The van der Waals surface area contributed by atoms with Gasteiger partial charge in [0.1, 0.15) is 0 Å². The molecule has 4 rings (SSSR count). The number of aromatic hydroxyl groups is 1. The summed E-state index contributed by atoms with van der Waals surface area (Å²) < 4.78 is 5.05. The molecule has 0 atom stereocenters. The van der Waals surface area contributed by atoms with E-state index in [0.29, 0.717) is 6.04 Å². The Kier molecular flexibility index (Phi) is 3.23. The number of halogens is 1. The molecule has 0 fully saturated rings. The summed E-state index contributed by atoms with van der Waals surface area (Å²) in [5.41, 5.74) is 2.17. The fourth-order valence-corrected chi connectivity index (χ4v) is 3.47. The first-order valence-corrected chi connectivity index (χ1v) is 8.44. The van der Waals surface area contributed by atoms with E-state index in [9.17, 15) is 5.11 Å². The Morgan fingerprint density at radius 3 is 2.61 bits per heavy atom. The molecule has 0 spiro atoms. The first kappa shape index (κ1) is 14.4. The van der Waals surface area contributed by atoms with E-state index in [-0.39, 0.29) is 5.88 Å². The average Bonchev–Trinajstić information content (AvgIpc) is 3.08. The first-order chi connectivity index (χ1) is 11.0. The predicted octanol–water partition coefficient (Wildman–Crippen LogP) is 5.63. The number of hydrogen-bond acceptors (Lipinski definition) is 1. The van der Waals surface area contributed by atoms with Crippen LogP contribution in [0.4, 0.5) is 0 Å². The summed E-state index contributed by atoms with van der Waals surface area (Å²) in [5.74, 6) is 0.268. The van der Waals surface area contributed by atoms with Gasteiger partial charge in [0.15, 0.2) is 0 Å². The van der Waals surface area contributed by atoms with Crippen molar-refractivity contribution in [2.45, 2.75) is 19.9 Å². The normalized spacial score (nSPS) is 11.8. The van der Waals surface area contributed by atoms with Crippen LogP contribution in [0.2, 0.25) is 0 Å². The first-order valence-electron chi connectivity index (χ1n) is 7.65. The van der Waals surface area contributed by atoms with E-state index >= 15 is 0 Å². The van der Waals surface area contributed by atoms with Crippen molar-refractivity contribution in [2.24, 2.45) is 0 Å². The van der Waals surface area contributed by atoms with Crippen molar-refractivity contribution < 1.29 is 5.11 Å². The standard InChI is InChI=1S/C19H17BrN2O/c1-12(2)21-8-7-13-9-16(5-6-18(13)21)22-11-14-3-4-15(20)10-17(14)19(22)23/h3-12,23H,1-2H3. The number of fused-ring (bicyclic) bond motifs is 2. The van der Waals surface area contributed by atoms with Gasteiger partial charge in [-0.05, 0) is 50.2 Å². The molecular weight excluding hydrogens is 352 g/mol. The SMILES string of the molecule is CC(C)n1ccc2cc(-n3cc4ccc(Br)cc4c3O)ccc21. The molecule has 0 saturated heterocycles. The van der Waals surface area contributed by atoms with Gasteiger partial charge in [0.05, 0.1) is 0 Å². The van der Waals surface area contributed by atoms with Gasteiger partial charge < -0.3 is 9.67 Å². The van der Waals surface area contributed by atoms with Crippen LogP contribution in [0.5, 0.6) is 5.88 Å². The lowest BCUT2D eigenvalue weighted by molar-refractivity contribution is 0.448. The minimum atomic E-state index is 0.268. The number of rotatable bonds is 2. The zero-order chi connectivity index (χ0) is 16.1. The molecule has 116 valence electrons. The van der Waals surface area contributed by atoms with Crippen LogP contribution >= 0.6 is 15.9 Å². The van der Waals surface area contributed by atoms with Crippen molar-refractivity contribution in [3.8, 4) is 11.6 Å². The molecule has 2 aromatic heterocycles. The summed E-state index contributed by atoms with van der Waals surface area (Å²) in [6, 6.07) is 14.8. The van der Waals surface area contributed by atoms with Crippen molar-refractivity contribution in [1.82, 2.24) is 9.13 Å². The van der Waals surface area contributed by atoms with Gasteiger partial charge in [-0.1, -0.05) is 22.0 Å². The van der Waals surface area contributed by atoms with Gasteiger partial charge in [0.25, 0.3) is 0 Å². The number of nitrogens with zero attached hydrogens (tertiary/aromatic N) is 2. The second kappa shape index (κ2) is 5.17. The Morgan fingerprint density at radius 1 is 1.00 bits per heavy atom. The second-order valence-corrected chi connectivity index (χ2v) is 7.03. The lowest BCUT2D eigenvalue weighted by Crippen LogP contribution is -1.98. The van der Waals surface area contributed by atoms with Gasteiger partial charge in [-0.15, -0.1) is 0 Å². The average molecular weight is 369 g/mol. The number of benzene rings is 2. The highest BCUT2D eigenvalue weighted by atomic mass is 79.9. The molecule has 2 heterocycles. The molecule has 0 bridgehead atoms. The van der Waals surface area contributed by atoms with E-state index in [1.165, 1.54) is 10.9 Å². The van der Waals surface area contributed by atoms with Gasteiger partial charge in [0, 0.05) is 50.3 Å². The summed E-state index contributed by atoms with van der Waals surface area (Å²) in [6.07, 6.45) is 4.08. The quantitative estimate of drug-likeness (QED) is 0.487. The van der Waals surface area contributed by atoms with Crippen molar-refractivity contribution in [3.05, 3.63) is 59.3 Å². The van der Waals surface area contributed by atoms with Crippen molar-refractivity contribution in [1.29, 1.82) is 0 Å². The van der Waals surface area contributed by atoms with Crippen LogP contribution in [-0.4, -0.2) is 14.2 Å². The van der Waals surface area contributed by atoms with Crippen LogP contribution in [0, 0.1) is 0 Å². The summed E-state index contributed by atoms with van der Waals surface area (Å²) in [7, 11) is 0. The molecule has 4 heteroatoms. The topological polar surface area (TPSA) is 30.1 Å². The molecule has 4 aromatic rings. The van der Waals surface area contributed by atoms with Crippen LogP contribution in [0.3, 0.4) is 0 Å². The predicted molar refractivity (Wildman–Crippen MR) is 98.5 cm³/mol. The summed E-state index contributed by atoms with van der Waals surface area (Å²) in [4.78, 5) is 0. The lowest BCUT2D eigenvalue weighted by Gasteiger charge is -2.10. The molecule has 3 nitrogen and oxygen atoms in total. The van der Waals surface area contributed by atoms with Crippen LogP contribution < -0.4 is 0 Å². The fraction of sp³-hybridized carbons (Fsp3) is 0.158. The van der Waals surface area contributed by atoms with Crippen LogP contribution in [0.25, 0.3) is 27.4 Å². The van der Waals surface area contributed by atoms with Gasteiger partial charge >= 0.3 is 0 Å². The monoisotopic (exact) mass is 368 g/mol. The van der Waals surface area contributed by atoms with Gasteiger partial charge in [0.2, 0.25) is 5.88 Å². The minimum absolute atomic E-state index is 0.268. The van der Waals surface area contributed by atoms with E-state index < -0.39 is 0 Å². The Labute approximate surface area is 142 Å². The number of hydrogen-bond donors (Lipinski definition) is 1. The fourth-order valence-electron chi connectivity index (χ4n) is 3.11. The molecular formula is C19H17BrN2O. The van der Waals surface area contributed by atoms with Crippen molar-refractivity contribution >= 4 is 37.6 Å². The van der Waals surface area contributed by atoms with E-state index in [0.717, 1.165) is 20.9 Å². The van der Waals surface area contributed by atoms with Gasteiger partial charge in [-0.3, -0.25) is 4.57 Å². The molecule has 1 N–H and O–H groups in total. The minimum Gasteiger partial charge on any atom is -0.494 e. The third-order valence-electron chi connectivity index (χ3n) is 4.29. The van der Waals surface area contributed by atoms with Crippen molar-refractivity contribution in [2.75, 3.05) is 0 Å². The number of aromatic nitrogens is 2. The Balaban J connectivity index is 1.90. The lowest BCUT2D eigenvalue weighted by atomic mass is 10.2. The molecule has 0 aliphatic carbocycles. The van der Waals surface area contributed by atoms with E-state index in [2.05, 4.69) is 64.8 Å². The van der Waals surface area contributed by atoms with Crippen molar-refractivity contribution in [3.63, 3.8) is 0 Å². The molecule has 0 saturated carbocycles. The largest absolute Gasteiger partial charge is 0.494 e. The van der Waals surface area contributed by atoms with E-state index in [4.69, 9.17) is 0 Å². The zero-order valence-corrected chi connectivity index (χ0v) is 14.6. The molecule has 2 aromatic carbocycles. The molecule has 0 aliphatic heterocycles.